The molecule has 1 aromatic heterocycles. The number of H-pyrrole nitrogens is 1. The topological polar surface area (TPSA) is 69.3 Å². The van der Waals surface area contributed by atoms with Crippen LogP contribution in [0.5, 0.6) is 0 Å². The van der Waals surface area contributed by atoms with Gasteiger partial charge in [0.15, 0.2) is 0 Å². The number of aromatic amines is 1. The van der Waals surface area contributed by atoms with E-state index >= 15 is 0 Å². The van der Waals surface area contributed by atoms with E-state index in [2.05, 4.69) is 24.0 Å². The van der Waals surface area contributed by atoms with Crippen LogP contribution in [0.2, 0.25) is 0 Å². The molecule has 0 aromatic carbocycles. The molecule has 6 nitrogen and oxygen atoms in total. The Balaban J connectivity index is 1.80. The second-order valence-corrected chi connectivity index (χ2v) is 7.67. The minimum atomic E-state index is -0.251. The Morgan fingerprint density at radius 3 is 2.88 bits per heavy atom. The van der Waals surface area contributed by atoms with Crippen molar-refractivity contribution in [3.63, 3.8) is 0 Å². The predicted molar refractivity (Wildman–Crippen MR) is 96.3 cm³/mol. The first kappa shape index (κ1) is 18.0. The molecule has 138 valence electrons. The average Bonchev–Trinajstić information content (AvgIpc) is 3.06. The number of unbranched alkanes of at least 4 members (excludes halogenated alkanes) is 1. The number of nitrogens with one attached hydrogen (secondary N) is 1. The number of rotatable bonds is 4. The van der Waals surface area contributed by atoms with Gasteiger partial charge in [0.2, 0.25) is 5.91 Å². The molecule has 2 fully saturated rings. The van der Waals surface area contributed by atoms with Crippen molar-refractivity contribution in [1.29, 1.82) is 0 Å². The van der Waals surface area contributed by atoms with E-state index in [4.69, 9.17) is 0 Å². The summed E-state index contributed by atoms with van der Waals surface area (Å²) in [5.74, 6) is 0.114. The van der Waals surface area contributed by atoms with Gasteiger partial charge >= 0.3 is 0 Å². The highest BCUT2D eigenvalue weighted by atomic mass is 16.2. The zero-order valence-corrected chi connectivity index (χ0v) is 15.7. The first-order valence-electron chi connectivity index (χ1n) is 9.61. The van der Waals surface area contributed by atoms with Crippen molar-refractivity contribution >= 4 is 11.8 Å². The molecule has 2 saturated heterocycles. The molecular weight excluding hydrogens is 316 g/mol. The van der Waals surface area contributed by atoms with Gasteiger partial charge in [-0.25, -0.2) is 0 Å². The van der Waals surface area contributed by atoms with Crippen LogP contribution in [-0.2, 0) is 11.2 Å². The molecule has 2 atom stereocenters. The SMILES string of the molecule is CCCCc1cc(C(=O)N2CCC[C@@]3(C)[C@@H]2CCCN3C(C)=O)n[nH]1. The molecule has 0 spiro atoms. The molecule has 1 N–H and O–H groups in total. The smallest absolute Gasteiger partial charge is 0.274 e. The van der Waals surface area contributed by atoms with Crippen LogP contribution in [-0.4, -0.2) is 56.5 Å². The number of fused-ring (bicyclic) bond motifs is 1. The summed E-state index contributed by atoms with van der Waals surface area (Å²) in [6, 6.07) is 1.98. The molecule has 0 saturated carbocycles. The van der Waals surface area contributed by atoms with Crippen LogP contribution in [0.4, 0.5) is 0 Å². The average molecular weight is 346 g/mol. The molecule has 1 aromatic rings. The summed E-state index contributed by atoms with van der Waals surface area (Å²) in [7, 11) is 0. The standard InChI is InChI=1S/C19H30N4O2/c1-4-5-8-15-13-16(21-20-15)18(25)22-11-7-10-19(3)17(22)9-6-12-23(19)14(2)24/h13,17H,4-12H2,1-3H3,(H,20,21)/t17-,19-/m0/s1. The van der Waals surface area contributed by atoms with E-state index in [-0.39, 0.29) is 23.4 Å². The lowest BCUT2D eigenvalue weighted by Crippen LogP contribution is -2.68. The number of likely N-dealkylation sites (tertiary alicyclic amines) is 2. The molecular formula is C19H30N4O2. The van der Waals surface area contributed by atoms with Crippen molar-refractivity contribution in [3.05, 3.63) is 17.5 Å². The maximum absolute atomic E-state index is 13.1. The predicted octanol–water partition coefficient (Wildman–Crippen LogP) is 2.76. The van der Waals surface area contributed by atoms with E-state index in [1.54, 1.807) is 6.92 Å². The Labute approximate surface area is 149 Å². The highest BCUT2D eigenvalue weighted by Crippen LogP contribution is 2.39. The van der Waals surface area contributed by atoms with Crippen LogP contribution >= 0.6 is 0 Å². The zero-order chi connectivity index (χ0) is 18.0. The summed E-state index contributed by atoms with van der Waals surface area (Å²) in [5, 5.41) is 7.27. The number of aryl methyl sites for hydroxylation is 1. The van der Waals surface area contributed by atoms with Gasteiger partial charge in [0, 0.05) is 25.7 Å². The van der Waals surface area contributed by atoms with Crippen LogP contribution in [0.25, 0.3) is 0 Å². The molecule has 6 heteroatoms. The van der Waals surface area contributed by atoms with E-state index in [0.717, 1.165) is 63.7 Å². The van der Waals surface area contributed by atoms with Crippen LogP contribution in [0, 0.1) is 0 Å². The second kappa shape index (κ2) is 7.18. The van der Waals surface area contributed by atoms with Gasteiger partial charge < -0.3 is 9.80 Å². The lowest BCUT2D eigenvalue weighted by Gasteiger charge is -2.56. The minimum Gasteiger partial charge on any atom is -0.335 e. The molecule has 2 aliphatic heterocycles. The molecule has 3 rings (SSSR count). The van der Waals surface area contributed by atoms with Gasteiger partial charge in [-0.1, -0.05) is 13.3 Å². The van der Waals surface area contributed by atoms with Crippen LogP contribution in [0.3, 0.4) is 0 Å². The Hall–Kier alpha value is -1.85. The van der Waals surface area contributed by atoms with Crippen molar-refractivity contribution in [3.8, 4) is 0 Å². The van der Waals surface area contributed by atoms with Crippen molar-refractivity contribution < 1.29 is 9.59 Å². The van der Waals surface area contributed by atoms with Gasteiger partial charge in [0.1, 0.15) is 5.69 Å². The number of hydrogen-bond acceptors (Lipinski definition) is 3. The van der Waals surface area contributed by atoms with E-state index in [1.807, 2.05) is 15.9 Å². The normalized spacial score (nSPS) is 26.4. The van der Waals surface area contributed by atoms with Crippen molar-refractivity contribution in [2.45, 2.75) is 77.3 Å². The summed E-state index contributed by atoms with van der Waals surface area (Å²) in [4.78, 5) is 29.2. The third kappa shape index (κ3) is 3.31. The van der Waals surface area contributed by atoms with Crippen molar-refractivity contribution in [1.82, 2.24) is 20.0 Å². The maximum atomic E-state index is 13.1. The Morgan fingerprint density at radius 1 is 1.36 bits per heavy atom. The maximum Gasteiger partial charge on any atom is 0.274 e. The fourth-order valence-electron chi connectivity index (χ4n) is 4.62. The zero-order valence-electron chi connectivity index (χ0n) is 15.7. The van der Waals surface area contributed by atoms with Gasteiger partial charge in [0.05, 0.1) is 11.6 Å². The summed E-state index contributed by atoms with van der Waals surface area (Å²) >= 11 is 0. The summed E-state index contributed by atoms with van der Waals surface area (Å²) in [6.07, 6.45) is 6.93. The van der Waals surface area contributed by atoms with Gasteiger partial charge in [-0.05, 0) is 51.5 Å². The van der Waals surface area contributed by atoms with Crippen LogP contribution in [0.1, 0.15) is 75.5 Å². The van der Waals surface area contributed by atoms with Crippen molar-refractivity contribution in [2.24, 2.45) is 0 Å². The fraction of sp³-hybridized carbons (Fsp3) is 0.737. The quantitative estimate of drug-likeness (QED) is 0.911. The van der Waals surface area contributed by atoms with E-state index in [1.165, 1.54) is 0 Å². The van der Waals surface area contributed by atoms with Gasteiger partial charge in [-0.3, -0.25) is 14.7 Å². The second-order valence-electron chi connectivity index (χ2n) is 7.67. The molecule has 0 bridgehead atoms. The first-order valence-corrected chi connectivity index (χ1v) is 9.61. The lowest BCUT2D eigenvalue weighted by atomic mass is 9.76. The van der Waals surface area contributed by atoms with E-state index < -0.39 is 0 Å². The molecule has 3 heterocycles. The number of aromatic nitrogens is 2. The highest BCUT2D eigenvalue weighted by Gasteiger charge is 2.49. The lowest BCUT2D eigenvalue weighted by molar-refractivity contribution is -0.143. The minimum absolute atomic E-state index is 0.000301. The van der Waals surface area contributed by atoms with Gasteiger partial charge in [-0.2, -0.15) is 5.10 Å². The van der Waals surface area contributed by atoms with Crippen LogP contribution < -0.4 is 0 Å². The summed E-state index contributed by atoms with van der Waals surface area (Å²) < 4.78 is 0. The number of amides is 2. The fourth-order valence-corrected chi connectivity index (χ4v) is 4.62. The Bertz CT molecular complexity index is 641. The number of carbonyl (C=O) groups is 2. The third-order valence-electron chi connectivity index (χ3n) is 5.94. The Kier molecular flexibility index (Phi) is 5.16. The summed E-state index contributed by atoms with van der Waals surface area (Å²) in [5.41, 5.74) is 1.29. The van der Waals surface area contributed by atoms with Gasteiger partial charge in [0.25, 0.3) is 5.91 Å². The van der Waals surface area contributed by atoms with Crippen molar-refractivity contribution in [2.75, 3.05) is 13.1 Å². The Morgan fingerprint density at radius 2 is 2.16 bits per heavy atom. The largest absolute Gasteiger partial charge is 0.335 e. The third-order valence-corrected chi connectivity index (χ3v) is 5.94. The van der Waals surface area contributed by atoms with Crippen LogP contribution in [0.15, 0.2) is 6.07 Å². The molecule has 0 radical (unpaired) electrons. The molecule has 25 heavy (non-hydrogen) atoms. The number of hydrogen-bond donors (Lipinski definition) is 1. The first-order chi connectivity index (χ1) is 12.0. The molecule has 2 amide bonds. The molecule has 2 aliphatic rings. The molecule has 0 unspecified atom stereocenters. The number of nitrogens with zero attached hydrogens (tertiary/aromatic N) is 3. The number of carbonyl (C=O) groups excluding carboxylic acids is 2. The summed E-state index contributed by atoms with van der Waals surface area (Å²) in [6.45, 7) is 7.49. The monoisotopic (exact) mass is 346 g/mol. The van der Waals surface area contributed by atoms with E-state index in [9.17, 15) is 9.59 Å². The highest BCUT2D eigenvalue weighted by molar-refractivity contribution is 5.93. The van der Waals surface area contributed by atoms with E-state index in [0.29, 0.717) is 5.69 Å². The number of piperidine rings is 2. The molecule has 0 aliphatic carbocycles. The van der Waals surface area contributed by atoms with Gasteiger partial charge in [-0.15, -0.1) is 0 Å².